The van der Waals surface area contributed by atoms with Gasteiger partial charge < -0.3 is 14.4 Å². The average Bonchev–Trinajstić information content (AvgIpc) is 3.45. The van der Waals surface area contributed by atoms with Crippen molar-refractivity contribution in [3.63, 3.8) is 0 Å². The molecule has 0 aliphatic rings. The topological polar surface area (TPSA) is 103 Å². The Morgan fingerprint density at radius 1 is 0.750 bits per heavy atom. The molecule has 1 heterocycles. The van der Waals surface area contributed by atoms with Crippen LogP contribution in [0.3, 0.4) is 0 Å². The van der Waals surface area contributed by atoms with Crippen molar-refractivity contribution in [2.45, 2.75) is 43.7 Å². The number of anilines is 1. The second-order valence-corrected chi connectivity index (χ2v) is 10.7. The van der Waals surface area contributed by atoms with Crippen molar-refractivity contribution < 1.29 is 67.4 Å². The van der Waals surface area contributed by atoms with E-state index in [0.717, 1.165) is 18.2 Å². The fourth-order valence-corrected chi connectivity index (χ4v) is 4.82. The van der Waals surface area contributed by atoms with E-state index in [1.807, 2.05) is 0 Å². The minimum atomic E-state index is -7.73. The maximum atomic E-state index is 15.0. The largest absolute Gasteiger partial charge is 0.464 e. The van der Waals surface area contributed by atoms with Crippen molar-refractivity contribution in [1.82, 2.24) is 0 Å². The van der Waals surface area contributed by atoms with E-state index in [4.69, 9.17) is 20.0 Å². The van der Waals surface area contributed by atoms with E-state index in [-0.39, 0.29) is 42.5 Å². The van der Waals surface area contributed by atoms with Crippen LogP contribution in [0, 0.1) is 22.7 Å². The molecule has 2 aromatic rings. The summed E-state index contributed by atoms with van der Waals surface area (Å²) in [6.07, 6.45) is -4.83. The Bertz CT molecular complexity index is 1580. The number of alkyl halides is 11. The Morgan fingerprint density at radius 3 is 1.69 bits per heavy atom. The third-order valence-electron chi connectivity index (χ3n) is 6.23. The molecule has 0 N–H and O–H groups in total. The first-order valence-corrected chi connectivity index (χ1v) is 13.9. The number of hydrogen-bond donors (Lipinski definition) is 0. The van der Waals surface area contributed by atoms with Gasteiger partial charge in [-0.3, -0.25) is 9.59 Å². The summed E-state index contributed by atoms with van der Waals surface area (Å²) in [5.74, 6) is -30.5. The molecule has 7 nitrogen and oxygen atoms in total. The Hall–Kier alpha value is -4.65. The summed E-state index contributed by atoms with van der Waals surface area (Å²) in [5.41, 5.74) is -3.40. The molecule has 0 aliphatic carbocycles. The number of carbonyl (C=O) groups is 2. The third kappa shape index (κ3) is 8.43. The van der Waals surface area contributed by atoms with Gasteiger partial charge in [0, 0.05) is 29.3 Å². The molecule has 0 unspecified atom stereocenters. The Balaban J connectivity index is 2.43. The van der Waals surface area contributed by atoms with E-state index in [1.165, 1.54) is 38.1 Å². The SMILES string of the molecule is CC(=O)OCCN(CCOC(C)=O)c1ccc(/C=C/c2ccc(C(=C(C#N)C#N)C(F)(F)C(F)(F)C(F)(F)C(F)(F)C(F)(F)F)s2)cc1. The Labute approximate surface area is 269 Å². The van der Waals surface area contributed by atoms with E-state index in [2.05, 4.69) is 0 Å². The zero-order valence-electron chi connectivity index (χ0n) is 24.5. The van der Waals surface area contributed by atoms with Gasteiger partial charge in [0.05, 0.1) is 18.7 Å². The second-order valence-electron chi connectivity index (χ2n) is 9.56. The van der Waals surface area contributed by atoms with Crippen molar-refractivity contribution in [2.24, 2.45) is 0 Å². The zero-order valence-corrected chi connectivity index (χ0v) is 25.3. The summed E-state index contributed by atoms with van der Waals surface area (Å²) in [5, 5.41) is 18.1. The molecule has 0 spiro atoms. The molecule has 0 fully saturated rings. The first kappa shape index (κ1) is 39.5. The van der Waals surface area contributed by atoms with Gasteiger partial charge in [-0.05, 0) is 35.9 Å². The number of nitriles is 2. The van der Waals surface area contributed by atoms with Crippen LogP contribution in [-0.4, -0.2) is 68.1 Å². The fraction of sp³-hybridized carbons (Fsp3) is 0.379. The molecule has 48 heavy (non-hydrogen) atoms. The molecule has 0 saturated heterocycles. The highest BCUT2D eigenvalue weighted by atomic mass is 32.1. The molecule has 260 valence electrons. The van der Waals surface area contributed by atoms with Crippen LogP contribution in [0.15, 0.2) is 42.0 Å². The molecule has 0 bridgehead atoms. The molecule has 1 aromatic heterocycles. The maximum Gasteiger partial charge on any atom is 0.460 e. The van der Waals surface area contributed by atoms with E-state index >= 15 is 8.78 Å². The number of hydrogen-bond acceptors (Lipinski definition) is 8. The first-order chi connectivity index (χ1) is 22.0. The molecule has 19 heteroatoms. The van der Waals surface area contributed by atoms with Crippen LogP contribution in [0.4, 0.5) is 54.0 Å². The number of nitrogens with zero attached hydrogens (tertiary/aromatic N) is 3. The number of rotatable bonds is 14. The lowest BCUT2D eigenvalue weighted by Crippen LogP contribution is -2.66. The molecule has 0 aliphatic heterocycles. The van der Waals surface area contributed by atoms with Crippen molar-refractivity contribution in [3.8, 4) is 12.1 Å². The number of thiophene rings is 1. The quantitative estimate of drug-likeness (QED) is 0.112. The normalized spacial score (nSPS) is 12.6. The summed E-state index contributed by atoms with van der Waals surface area (Å²) in [6, 6.07) is 9.27. The number of esters is 2. The van der Waals surface area contributed by atoms with Crippen LogP contribution in [0.2, 0.25) is 0 Å². The van der Waals surface area contributed by atoms with Gasteiger partial charge in [-0.25, -0.2) is 0 Å². The summed E-state index contributed by atoms with van der Waals surface area (Å²) in [7, 11) is 0. The van der Waals surface area contributed by atoms with Crippen LogP contribution in [0.25, 0.3) is 17.7 Å². The zero-order chi connectivity index (χ0) is 36.7. The lowest BCUT2D eigenvalue weighted by molar-refractivity contribution is -0.415. The van der Waals surface area contributed by atoms with Crippen LogP contribution < -0.4 is 4.90 Å². The molecule has 0 radical (unpaired) electrons. The first-order valence-electron chi connectivity index (χ1n) is 13.1. The van der Waals surface area contributed by atoms with Crippen molar-refractivity contribution in [3.05, 3.63) is 57.3 Å². The molecule has 1 aromatic carbocycles. The molecule has 2 rings (SSSR count). The Morgan fingerprint density at radius 2 is 1.25 bits per heavy atom. The number of halogens is 11. The number of benzene rings is 1. The summed E-state index contributed by atoms with van der Waals surface area (Å²) < 4.78 is 161. The van der Waals surface area contributed by atoms with Gasteiger partial charge >= 0.3 is 41.8 Å². The smallest absolute Gasteiger partial charge is 0.460 e. The minimum absolute atomic E-state index is 0.000891. The number of allylic oxidation sites excluding steroid dienone is 2. The molecule has 0 atom stereocenters. The predicted octanol–water partition coefficient (Wildman–Crippen LogP) is 7.76. The van der Waals surface area contributed by atoms with E-state index in [0.29, 0.717) is 17.3 Å². The van der Waals surface area contributed by atoms with Crippen LogP contribution >= 0.6 is 11.3 Å². The lowest BCUT2D eigenvalue weighted by Gasteiger charge is -2.37. The summed E-state index contributed by atoms with van der Waals surface area (Å²) in [4.78, 5) is 22.6. The minimum Gasteiger partial charge on any atom is -0.464 e. The lowest BCUT2D eigenvalue weighted by atomic mass is 9.90. The van der Waals surface area contributed by atoms with Crippen molar-refractivity contribution >= 4 is 46.7 Å². The van der Waals surface area contributed by atoms with Crippen LogP contribution in [0.5, 0.6) is 0 Å². The summed E-state index contributed by atoms with van der Waals surface area (Å²) in [6.45, 7) is 2.84. The van der Waals surface area contributed by atoms with E-state index in [1.54, 1.807) is 17.0 Å². The van der Waals surface area contributed by atoms with Crippen LogP contribution in [0.1, 0.15) is 29.2 Å². The molecular formula is C29H22F11N3O4S. The van der Waals surface area contributed by atoms with Crippen molar-refractivity contribution in [1.29, 1.82) is 10.5 Å². The van der Waals surface area contributed by atoms with Gasteiger partial charge in [-0.2, -0.15) is 58.8 Å². The van der Waals surface area contributed by atoms with Gasteiger partial charge in [0.15, 0.2) is 0 Å². The standard InChI is InChI=1S/C29H22F11N3O4S/c1-17(44)46-13-11-43(12-14-47-18(2)45)21-6-3-19(4-7-21)5-8-22-9-10-23(48-22)24(20(15-41)16-42)25(30,31)26(32,33)27(34,35)28(36,37)29(38,39)40/h3-10H,11-14H2,1-2H3/b8-5+. The molecule has 0 amide bonds. The third-order valence-corrected chi connectivity index (χ3v) is 7.30. The second kappa shape index (κ2) is 15.1. The fourth-order valence-electron chi connectivity index (χ4n) is 3.82. The molecular weight excluding hydrogens is 695 g/mol. The maximum absolute atomic E-state index is 15.0. The summed E-state index contributed by atoms with van der Waals surface area (Å²) >= 11 is 0.111. The average molecular weight is 718 g/mol. The van der Waals surface area contributed by atoms with Crippen LogP contribution in [-0.2, 0) is 19.1 Å². The highest BCUT2D eigenvalue weighted by molar-refractivity contribution is 7.14. The Kier molecular flexibility index (Phi) is 12.4. The van der Waals surface area contributed by atoms with E-state index in [9.17, 15) is 49.1 Å². The van der Waals surface area contributed by atoms with Gasteiger partial charge in [-0.15, -0.1) is 11.3 Å². The van der Waals surface area contributed by atoms with E-state index < -0.39 is 57.8 Å². The van der Waals surface area contributed by atoms with Gasteiger partial charge in [0.1, 0.15) is 30.9 Å². The highest BCUT2D eigenvalue weighted by Gasteiger charge is 2.87. The van der Waals surface area contributed by atoms with Gasteiger partial charge in [0.2, 0.25) is 0 Å². The van der Waals surface area contributed by atoms with Gasteiger partial charge in [-0.1, -0.05) is 18.2 Å². The van der Waals surface area contributed by atoms with Gasteiger partial charge in [0.25, 0.3) is 0 Å². The predicted molar refractivity (Wildman–Crippen MR) is 149 cm³/mol. The number of carbonyl (C=O) groups excluding carboxylic acids is 2. The number of ether oxygens (including phenoxy) is 2. The highest BCUT2D eigenvalue weighted by Crippen LogP contribution is 2.60. The monoisotopic (exact) mass is 717 g/mol. The molecule has 0 saturated carbocycles. The van der Waals surface area contributed by atoms with Crippen molar-refractivity contribution in [2.75, 3.05) is 31.2 Å².